The molecule has 6 aromatic carbocycles. The summed E-state index contributed by atoms with van der Waals surface area (Å²) in [4.78, 5) is 9.68. The highest BCUT2D eigenvalue weighted by Gasteiger charge is 2.31. The third kappa shape index (κ3) is 4.69. The van der Waals surface area contributed by atoms with Crippen molar-refractivity contribution in [3.8, 4) is 55.8 Å². The van der Waals surface area contributed by atoms with E-state index in [2.05, 4.69) is 164 Å². The summed E-state index contributed by atoms with van der Waals surface area (Å²) in [7, 11) is 0. The normalized spacial score (nSPS) is 16.0. The molecule has 0 fully saturated rings. The van der Waals surface area contributed by atoms with Gasteiger partial charge in [-0.2, -0.15) is 0 Å². The Morgan fingerprint density at radius 2 is 1.06 bits per heavy atom. The minimum atomic E-state index is 0.338. The van der Waals surface area contributed by atoms with E-state index in [9.17, 15) is 0 Å². The molecule has 2 aromatic heterocycles. The van der Waals surface area contributed by atoms with Crippen LogP contribution in [0.1, 0.15) is 23.0 Å². The summed E-state index contributed by atoms with van der Waals surface area (Å²) in [6.07, 6.45) is 10.8. The molecule has 8 aromatic rings. The van der Waals surface area contributed by atoms with Crippen LogP contribution in [0.15, 0.2) is 170 Å². The summed E-state index contributed by atoms with van der Waals surface area (Å²) in [6, 6.07) is 50.8. The maximum Gasteiger partial charge on any atom is 0.116 e. The van der Waals surface area contributed by atoms with E-state index >= 15 is 0 Å². The molecule has 0 spiro atoms. The Morgan fingerprint density at radius 3 is 1.92 bits per heavy atom. The fourth-order valence-electron chi connectivity index (χ4n) is 7.79. The Balaban J connectivity index is 1.02. The number of allylic oxidation sites excluding steroid dienone is 4. The van der Waals surface area contributed by atoms with Crippen LogP contribution in [0.25, 0.3) is 76.1 Å². The molecule has 0 saturated carbocycles. The van der Waals surface area contributed by atoms with Gasteiger partial charge in [0.25, 0.3) is 0 Å². The van der Waals surface area contributed by atoms with Gasteiger partial charge in [-0.05, 0) is 79.9 Å². The van der Waals surface area contributed by atoms with E-state index < -0.39 is 0 Å². The predicted octanol–water partition coefficient (Wildman–Crippen LogP) is 12.5. The van der Waals surface area contributed by atoms with Crippen LogP contribution < -0.4 is 0 Å². The van der Waals surface area contributed by atoms with Crippen molar-refractivity contribution in [1.82, 2.24) is 9.97 Å². The highest BCUT2D eigenvalue weighted by atomic mass is 32.1. The Morgan fingerprint density at radius 1 is 0.449 bits per heavy atom. The molecule has 0 radical (unpaired) electrons. The maximum atomic E-state index is 4.86. The Labute approximate surface area is 289 Å². The van der Waals surface area contributed by atoms with Crippen molar-refractivity contribution in [1.29, 1.82) is 0 Å². The second-order valence-electron chi connectivity index (χ2n) is 12.9. The quantitative estimate of drug-likeness (QED) is 0.191. The smallest absolute Gasteiger partial charge is 0.116 e. The van der Waals surface area contributed by atoms with Crippen LogP contribution in [0.2, 0.25) is 0 Å². The average molecular weight is 643 g/mol. The molecule has 49 heavy (non-hydrogen) atoms. The first-order valence-electron chi connectivity index (χ1n) is 16.8. The number of hydrogen-bond acceptors (Lipinski definition) is 3. The van der Waals surface area contributed by atoms with Gasteiger partial charge in [0.05, 0.1) is 15.9 Å². The van der Waals surface area contributed by atoms with E-state index in [0.29, 0.717) is 11.8 Å². The van der Waals surface area contributed by atoms with E-state index in [1.165, 1.54) is 65.7 Å². The molecular weight excluding hydrogens is 613 g/mol. The lowest BCUT2D eigenvalue weighted by molar-refractivity contribution is 0.720. The average Bonchev–Trinajstić information content (AvgIpc) is 3.56. The molecule has 2 aliphatic rings. The molecule has 0 amide bonds. The van der Waals surface area contributed by atoms with E-state index in [-0.39, 0.29) is 0 Å². The molecule has 2 nitrogen and oxygen atoms in total. The third-order valence-corrected chi connectivity index (χ3v) is 11.4. The van der Waals surface area contributed by atoms with Crippen LogP contribution in [-0.4, -0.2) is 9.97 Å². The van der Waals surface area contributed by atoms with Crippen LogP contribution >= 0.6 is 11.3 Å². The van der Waals surface area contributed by atoms with Crippen LogP contribution in [0.4, 0.5) is 0 Å². The molecule has 2 atom stereocenters. The fourth-order valence-corrected chi connectivity index (χ4v) is 8.94. The largest absolute Gasteiger partial charge is 0.235 e. The Hall–Kier alpha value is -5.90. The summed E-state index contributed by atoms with van der Waals surface area (Å²) in [5.74, 6) is 0.705. The molecule has 0 bridgehead atoms. The van der Waals surface area contributed by atoms with Crippen molar-refractivity contribution < 1.29 is 0 Å². The van der Waals surface area contributed by atoms with Crippen LogP contribution in [0.5, 0.6) is 0 Å². The van der Waals surface area contributed by atoms with Gasteiger partial charge in [-0.1, -0.05) is 140 Å². The van der Waals surface area contributed by atoms with Crippen LogP contribution in [0.3, 0.4) is 0 Å². The number of fused-ring (bicyclic) bond motifs is 9. The molecule has 3 heteroatoms. The standard InChI is InChI=1S/C46H30N2S/c1-2-9-29(10-3-1)30-17-19-31(20-18-30)33-22-24-43-42(27-33)45-46(49-43)44(47-28-48-45)35-12-8-11-32(25-35)34-21-23-40-38-15-5-4-13-36(38)37-14-6-7-16-39(37)41(40)26-34/h1-28,37,39H. The molecule has 10 rings (SSSR count). The molecule has 2 aliphatic carbocycles. The number of nitrogens with zero attached hydrogens (tertiary/aromatic N) is 2. The number of rotatable bonds is 4. The van der Waals surface area contributed by atoms with Gasteiger partial charge in [0.1, 0.15) is 6.33 Å². The summed E-state index contributed by atoms with van der Waals surface area (Å²) >= 11 is 1.77. The minimum Gasteiger partial charge on any atom is -0.235 e. The lowest BCUT2D eigenvalue weighted by atomic mass is 9.69. The molecule has 2 heterocycles. The monoisotopic (exact) mass is 642 g/mol. The predicted molar refractivity (Wildman–Crippen MR) is 206 cm³/mol. The Kier molecular flexibility index (Phi) is 6.53. The van der Waals surface area contributed by atoms with Crippen molar-refractivity contribution in [2.24, 2.45) is 0 Å². The van der Waals surface area contributed by atoms with Crippen LogP contribution in [-0.2, 0) is 0 Å². The van der Waals surface area contributed by atoms with Gasteiger partial charge in [0.2, 0.25) is 0 Å². The van der Waals surface area contributed by atoms with Gasteiger partial charge in [0.15, 0.2) is 0 Å². The first-order chi connectivity index (χ1) is 24.3. The number of thiophene rings is 1. The molecule has 0 aliphatic heterocycles. The van der Waals surface area contributed by atoms with Crippen molar-refractivity contribution >= 4 is 31.6 Å². The van der Waals surface area contributed by atoms with Crippen LogP contribution in [0, 0.1) is 0 Å². The van der Waals surface area contributed by atoms with Crippen molar-refractivity contribution in [2.45, 2.75) is 11.8 Å². The fraction of sp³-hybridized carbons (Fsp3) is 0.0435. The van der Waals surface area contributed by atoms with E-state index in [1.54, 1.807) is 17.7 Å². The summed E-state index contributed by atoms with van der Waals surface area (Å²) in [6.45, 7) is 0. The SMILES string of the molecule is C1=CC2c3ccccc3-c3ccc(-c4cccc(-c5ncnc6c5sc5ccc(-c7ccc(-c8ccccc8)cc7)cc56)c4)cc3C2C=C1. The molecule has 0 N–H and O–H groups in total. The second-order valence-corrected chi connectivity index (χ2v) is 14.0. The zero-order valence-corrected chi connectivity index (χ0v) is 27.4. The highest BCUT2D eigenvalue weighted by molar-refractivity contribution is 7.26. The van der Waals surface area contributed by atoms with Gasteiger partial charge < -0.3 is 0 Å². The molecule has 0 saturated heterocycles. The summed E-state index contributed by atoms with van der Waals surface area (Å²) in [5, 5.41) is 1.17. The highest BCUT2D eigenvalue weighted by Crippen LogP contribution is 2.50. The Bertz CT molecular complexity index is 2610. The van der Waals surface area contributed by atoms with E-state index in [0.717, 1.165) is 21.5 Å². The van der Waals surface area contributed by atoms with Crippen molar-refractivity contribution in [3.63, 3.8) is 0 Å². The lowest BCUT2D eigenvalue weighted by Gasteiger charge is -2.34. The van der Waals surface area contributed by atoms with Crippen molar-refractivity contribution in [2.75, 3.05) is 0 Å². The molecule has 2 unspecified atom stereocenters. The number of benzene rings is 6. The summed E-state index contributed by atoms with van der Waals surface area (Å²) in [5.41, 5.74) is 15.9. The molecular formula is C46H30N2S. The van der Waals surface area contributed by atoms with E-state index in [4.69, 9.17) is 9.97 Å². The molecule has 230 valence electrons. The van der Waals surface area contributed by atoms with Gasteiger partial charge in [0, 0.05) is 27.5 Å². The zero-order chi connectivity index (χ0) is 32.3. The van der Waals surface area contributed by atoms with Gasteiger partial charge >= 0.3 is 0 Å². The number of aromatic nitrogens is 2. The van der Waals surface area contributed by atoms with Gasteiger partial charge in [-0.15, -0.1) is 11.3 Å². The lowest BCUT2D eigenvalue weighted by Crippen LogP contribution is -2.16. The summed E-state index contributed by atoms with van der Waals surface area (Å²) < 4.78 is 2.34. The third-order valence-electron chi connectivity index (χ3n) is 10.2. The first kappa shape index (κ1) is 28.1. The first-order valence-corrected chi connectivity index (χ1v) is 17.6. The zero-order valence-electron chi connectivity index (χ0n) is 26.6. The van der Waals surface area contributed by atoms with Gasteiger partial charge in [-0.3, -0.25) is 0 Å². The minimum absolute atomic E-state index is 0.338. The second kappa shape index (κ2) is 11.4. The topological polar surface area (TPSA) is 25.8 Å². The van der Waals surface area contributed by atoms with E-state index in [1.807, 2.05) is 0 Å². The van der Waals surface area contributed by atoms with Crippen molar-refractivity contribution in [3.05, 3.63) is 181 Å². The number of hydrogen-bond donors (Lipinski definition) is 0. The van der Waals surface area contributed by atoms with Gasteiger partial charge in [-0.25, -0.2) is 9.97 Å². The maximum absolute atomic E-state index is 4.86.